The minimum atomic E-state index is -0.274. The Morgan fingerprint density at radius 3 is 2.71 bits per heavy atom. The van der Waals surface area contributed by atoms with Gasteiger partial charge in [-0.05, 0) is 46.8 Å². The molecule has 0 aliphatic heterocycles. The van der Waals surface area contributed by atoms with Crippen LogP contribution in [0.25, 0.3) is 22.7 Å². The Labute approximate surface area is 117 Å². The first-order valence-electron chi connectivity index (χ1n) is 6.15. The summed E-state index contributed by atoms with van der Waals surface area (Å²) in [6, 6.07) is 9.72. The van der Waals surface area contributed by atoms with Crippen molar-refractivity contribution in [2.75, 3.05) is 0 Å². The Morgan fingerprint density at radius 2 is 1.86 bits per heavy atom. The number of rotatable bonds is 2. The van der Waals surface area contributed by atoms with Gasteiger partial charge >= 0.3 is 0 Å². The molecule has 0 unspecified atom stereocenters. The number of aromatic nitrogens is 7. The molecule has 7 nitrogen and oxygen atoms in total. The lowest BCUT2D eigenvalue weighted by Gasteiger charge is -1.99. The van der Waals surface area contributed by atoms with Crippen LogP contribution >= 0.6 is 0 Å². The molecule has 3 heterocycles. The summed E-state index contributed by atoms with van der Waals surface area (Å²) in [7, 11) is 0. The second-order valence-electron chi connectivity index (χ2n) is 4.39. The topological polar surface area (TPSA) is 73.8 Å². The molecule has 0 fully saturated rings. The quantitative estimate of drug-likeness (QED) is 0.557. The SMILES string of the molecule is Fc1ccc(-c2cn(-c3ccc4nnnn4n3)cn2)cc1. The van der Waals surface area contributed by atoms with E-state index in [1.807, 2.05) is 6.20 Å². The standard InChI is InChI=1S/C13H8FN7/c14-10-3-1-9(2-4-10)11-7-20(8-15-11)13-6-5-12-16-18-19-21(12)17-13/h1-8H. The Balaban J connectivity index is 1.74. The van der Waals surface area contributed by atoms with Crippen LogP contribution in [-0.4, -0.2) is 34.8 Å². The lowest BCUT2D eigenvalue weighted by molar-refractivity contribution is 0.628. The van der Waals surface area contributed by atoms with Gasteiger partial charge in [-0.25, -0.2) is 9.37 Å². The van der Waals surface area contributed by atoms with E-state index in [0.29, 0.717) is 11.5 Å². The van der Waals surface area contributed by atoms with Crippen LogP contribution in [0, 0.1) is 5.82 Å². The van der Waals surface area contributed by atoms with Gasteiger partial charge in [0.25, 0.3) is 0 Å². The van der Waals surface area contributed by atoms with Crippen molar-refractivity contribution in [3.8, 4) is 17.1 Å². The van der Waals surface area contributed by atoms with E-state index in [0.717, 1.165) is 11.3 Å². The fourth-order valence-electron chi connectivity index (χ4n) is 2.00. The predicted octanol–water partition coefficient (Wildman–Crippen LogP) is 1.51. The number of tetrazole rings is 1. The summed E-state index contributed by atoms with van der Waals surface area (Å²) in [5, 5.41) is 15.3. The highest BCUT2D eigenvalue weighted by atomic mass is 19.1. The van der Waals surface area contributed by atoms with Crippen LogP contribution in [0.3, 0.4) is 0 Å². The molecule has 102 valence electrons. The molecule has 1 aromatic carbocycles. The summed E-state index contributed by atoms with van der Waals surface area (Å²) < 4.78 is 16.0. The Hall–Kier alpha value is -3.16. The molecule has 0 bridgehead atoms. The zero-order valence-corrected chi connectivity index (χ0v) is 10.6. The van der Waals surface area contributed by atoms with Gasteiger partial charge in [0.15, 0.2) is 11.5 Å². The lowest BCUT2D eigenvalue weighted by atomic mass is 10.2. The molecule has 8 heteroatoms. The van der Waals surface area contributed by atoms with Crippen molar-refractivity contribution in [2.24, 2.45) is 0 Å². The summed E-state index contributed by atoms with van der Waals surface area (Å²) in [6.07, 6.45) is 3.45. The maximum atomic E-state index is 12.9. The van der Waals surface area contributed by atoms with Gasteiger partial charge in [-0.2, -0.15) is 0 Å². The maximum absolute atomic E-state index is 12.9. The van der Waals surface area contributed by atoms with Gasteiger partial charge in [-0.3, -0.25) is 4.57 Å². The van der Waals surface area contributed by atoms with Crippen molar-refractivity contribution < 1.29 is 4.39 Å². The number of hydrogen-bond donors (Lipinski definition) is 0. The normalized spacial score (nSPS) is 11.1. The van der Waals surface area contributed by atoms with Crippen molar-refractivity contribution in [1.29, 1.82) is 0 Å². The fourth-order valence-corrected chi connectivity index (χ4v) is 2.00. The molecule has 4 aromatic rings. The number of benzene rings is 1. The van der Waals surface area contributed by atoms with Gasteiger partial charge in [0.2, 0.25) is 0 Å². The highest BCUT2D eigenvalue weighted by Crippen LogP contribution is 2.18. The number of imidazole rings is 1. The van der Waals surface area contributed by atoms with Crippen molar-refractivity contribution >= 4 is 5.65 Å². The van der Waals surface area contributed by atoms with E-state index in [1.165, 1.54) is 16.8 Å². The monoisotopic (exact) mass is 281 g/mol. The maximum Gasteiger partial charge on any atom is 0.200 e. The first-order chi connectivity index (χ1) is 10.3. The molecular formula is C13H8FN7. The molecule has 0 spiro atoms. The van der Waals surface area contributed by atoms with Gasteiger partial charge in [0.05, 0.1) is 5.69 Å². The Kier molecular flexibility index (Phi) is 2.46. The fraction of sp³-hybridized carbons (Fsp3) is 0. The second kappa shape index (κ2) is 4.44. The van der Waals surface area contributed by atoms with Crippen molar-refractivity contribution in [3.63, 3.8) is 0 Å². The zero-order chi connectivity index (χ0) is 14.2. The Morgan fingerprint density at radius 1 is 1.00 bits per heavy atom. The largest absolute Gasteiger partial charge is 0.288 e. The van der Waals surface area contributed by atoms with E-state index in [-0.39, 0.29) is 5.82 Å². The van der Waals surface area contributed by atoms with E-state index in [2.05, 4.69) is 25.6 Å². The van der Waals surface area contributed by atoms with E-state index in [1.54, 1.807) is 35.2 Å². The average molecular weight is 281 g/mol. The van der Waals surface area contributed by atoms with E-state index < -0.39 is 0 Å². The Bertz CT molecular complexity index is 910. The van der Waals surface area contributed by atoms with Crippen LogP contribution in [0.1, 0.15) is 0 Å². The molecule has 4 rings (SSSR count). The van der Waals surface area contributed by atoms with Crippen molar-refractivity contribution in [1.82, 2.24) is 34.8 Å². The molecule has 0 aliphatic carbocycles. The minimum absolute atomic E-state index is 0.274. The highest BCUT2D eigenvalue weighted by molar-refractivity contribution is 5.58. The van der Waals surface area contributed by atoms with Crippen LogP contribution in [-0.2, 0) is 0 Å². The summed E-state index contributed by atoms with van der Waals surface area (Å²) >= 11 is 0. The molecule has 0 saturated carbocycles. The smallest absolute Gasteiger partial charge is 0.200 e. The van der Waals surface area contributed by atoms with Gasteiger partial charge < -0.3 is 0 Å². The van der Waals surface area contributed by atoms with Crippen LogP contribution in [0.4, 0.5) is 4.39 Å². The van der Waals surface area contributed by atoms with Crippen LogP contribution in [0.5, 0.6) is 0 Å². The predicted molar refractivity (Wildman–Crippen MR) is 71.1 cm³/mol. The average Bonchev–Trinajstić information content (AvgIpc) is 3.16. The molecule has 21 heavy (non-hydrogen) atoms. The van der Waals surface area contributed by atoms with Gasteiger partial charge in [0, 0.05) is 11.8 Å². The van der Waals surface area contributed by atoms with Crippen LogP contribution < -0.4 is 0 Å². The molecule has 0 amide bonds. The molecule has 0 atom stereocenters. The first-order valence-corrected chi connectivity index (χ1v) is 6.15. The molecule has 0 radical (unpaired) electrons. The third-order valence-corrected chi connectivity index (χ3v) is 3.04. The summed E-state index contributed by atoms with van der Waals surface area (Å²) in [5.41, 5.74) is 2.13. The summed E-state index contributed by atoms with van der Waals surface area (Å²) in [6.45, 7) is 0. The van der Waals surface area contributed by atoms with Crippen LogP contribution in [0.2, 0.25) is 0 Å². The molecular weight excluding hydrogens is 273 g/mol. The van der Waals surface area contributed by atoms with Gasteiger partial charge in [0.1, 0.15) is 12.1 Å². The number of halogens is 1. The minimum Gasteiger partial charge on any atom is -0.288 e. The number of fused-ring (bicyclic) bond motifs is 1. The lowest BCUT2D eigenvalue weighted by Crippen LogP contribution is -2.01. The van der Waals surface area contributed by atoms with Gasteiger partial charge in [-0.1, -0.05) is 0 Å². The molecule has 0 N–H and O–H groups in total. The van der Waals surface area contributed by atoms with Crippen LogP contribution in [0.15, 0.2) is 48.9 Å². The zero-order valence-electron chi connectivity index (χ0n) is 10.6. The van der Waals surface area contributed by atoms with Crippen molar-refractivity contribution in [3.05, 3.63) is 54.7 Å². The molecule has 0 aliphatic rings. The number of hydrogen-bond acceptors (Lipinski definition) is 5. The second-order valence-corrected chi connectivity index (χ2v) is 4.39. The molecule has 3 aromatic heterocycles. The van der Waals surface area contributed by atoms with Crippen molar-refractivity contribution in [2.45, 2.75) is 0 Å². The van der Waals surface area contributed by atoms with Gasteiger partial charge in [-0.15, -0.1) is 14.8 Å². The summed E-state index contributed by atoms with van der Waals surface area (Å²) in [4.78, 5) is 4.30. The van der Waals surface area contributed by atoms with E-state index >= 15 is 0 Å². The van der Waals surface area contributed by atoms with E-state index in [4.69, 9.17) is 0 Å². The molecule has 0 saturated heterocycles. The summed E-state index contributed by atoms with van der Waals surface area (Å²) in [5.74, 6) is 0.361. The third-order valence-electron chi connectivity index (χ3n) is 3.04. The van der Waals surface area contributed by atoms with E-state index in [9.17, 15) is 4.39 Å². The first kappa shape index (κ1) is 11.6. The number of nitrogens with zero attached hydrogens (tertiary/aromatic N) is 7. The highest BCUT2D eigenvalue weighted by Gasteiger charge is 2.06. The third kappa shape index (κ3) is 2.02.